The van der Waals surface area contributed by atoms with E-state index in [1.807, 2.05) is 6.07 Å². The van der Waals surface area contributed by atoms with Gasteiger partial charge in [0.25, 0.3) is 11.8 Å². The van der Waals surface area contributed by atoms with Gasteiger partial charge in [0.05, 0.1) is 23.9 Å². The summed E-state index contributed by atoms with van der Waals surface area (Å²) in [6.07, 6.45) is 0. The molecule has 0 aromatic heterocycles. The minimum Gasteiger partial charge on any atom is -0.378 e. The molecule has 3 rings (SSSR count). The molecule has 2 N–H and O–H groups in total. The summed E-state index contributed by atoms with van der Waals surface area (Å²) >= 11 is 14.8. The first-order valence-corrected chi connectivity index (χ1v) is 10.1. The predicted octanol–water partition coefficient (Wildman–Crippen LogP) is 3.70. The Morgan fingerprint density at radius 2 is 1.86 bits per heavy atom. The number of ether oxygens (including phenoxy) is 1. The first kappa shape index (κ1) is 20.7. The van der Waals surface area contributed by atoms with Crippen LogP contribution in [0.4, 0.5) is 5.69 Å². The van der Waals surface area contributed by atoms with Crippen LogP contribution in [0, 0.1) is 0 Å². The van der Waals surface area contributed by atoms with Gasteiger partial charge in [-0.05, 0) is 48.6 Å². The van der Waals surface area contributed by atoms with Gasteiger partial charge in [0.15, 0.2) is 5.11 Å². The number of amides is 2. The smallest absolute Gasteiger partial charge is 0.257 e. The van der Waals surface area contributed by atoms with Gasteiger partial charge >= 0.3 is 0 Å². The van der Waals surface area contributed by atoms with Gasteiger partial charge in [-0.2, -0.15) is 0 Å². The average Bonchev–Trinajstić information content (AvgIpc) is 2.69. The maximum Gasteiger partial charge on any atom is 0.257 e. The zero-order chi connectivity index (χ0) is 20.1. The third-order valence-electron chi connectivity index (χ3n) is 4.07. The molecule has 1 aliphatic heterocycles. The van der Waals surface area contributed by atoms with E-state index in [0.717, 1.165) is 4.47 Å². The van der Waals surface area contributed by atoms with Gasteiger partial charge in [-0.25, -0.2) is 0 Å². The number of anilines is 1. The highest BCUT2D eigenvalue weighted by Crippen LogP contribution is 2.24. The van der Waals surface area contributed by atoms with Gasteiger partial charge in [0.2, 0.25) is 0 Å². The van der Waals surface area contributed by atoms with Crippen molar-refractivity contribution >= 4 is 62.4 Å². The molecule has 1 saturated heterocycles. The number of hydrogen-bond acceptors (Lipinski definition) is 4. The summed E-state index contributed by atoms with van der Waals surface area (Å²) in [6.45, 7) is 2.14. The number of carbonyl (C=O) groups excluding carboxylic acids is 2. The lowest BCUT2D eigenvalue weighted by atomic mass is 10.1. The Hall–Kier alpha value is -2.00. The predicted molar refractivity (Wildman–Crippen MR) is 116 cm³/mol. The molecule has 0 aliphatic carbocycles. The number of benzene rings is 2. The van der Waals surface area contributed by atoms with Crippen molar-refractivity contribution in [2.75, 3.05) is 31.6 Å². The van der Waals surface area contributed by atoms with Crippen molar-refractivity contribution in [2.24, 2.45) is 0 Å². The van der Waals surface area contributed by atoms with Gasteiger partial charge in [0.1, 0.15) is 0 Å². The third-order valence-corrected chi connectivity index (χ3v) is 5.10. The quantitative estimate of drug-likeness (QED) is 0.653. The number of thiocarbonyl (C=S) groups is 1. The van der Waals surface area contributed by atoms with Crippen molar-refractivity contribution in [2.45, 2.75) is 0 Å². The van der Waals surface area contributed by atoms with Crippen molar-refractivity contribution in [1.82, 2.24) is 10.2 Å². The van der Waals surface area contributed by atoms with Crippen molar-refractivity contribution in [3.05, 3.63) is 63.1 Å². The lowest BCUT2D eigenvalue weighted by Gasteiger charge is -2.27. The number of halogens is 2. The van der Waals surface area contributed by atoms with Gasteiger partial charge in [-0.3, -0.25) is 14.9 Å². The Morgan fingerprint density at radius 1 is 1.11 bits per heavy atom. The van der Waals surface area contributed by atoms with Crippen molar-refractivity contribution < 1.29 is 14.3 Å². The number of rotatable bonds is 3. The molecular formula is C19H17BrClN3O3S. The molecular weight excluding hydrogens is 466 g/mol. The molecule has 0 radical (unpaired) electrons. The van der Waals surface area contributed by atoms with E-state index in [1.165, 1.54) is 0 Å². The topological polar surface area (TPSA) is 70.7 Å². The zero-order valence-corrected chi connectivity index (χ0v) is 17.9. The van der Waals surface area contributed by atoms with Gasteiger partial charge in [-0.1, -0.05) is 33.6 Å². The summed E-state index contributed by atoms with van der Waals surface area (Å²) in [4.78, 5) is 26.7. The van der Waals surface area contributed by atoms with Gasteiger partial charge in [-0.15, -0.1) is 0 Å². The maximum atomic E-state index is 12.6. The van der Waals surface area contributed by atoms with Crippen molar-refractivity contribution in [3.8, 4) is 0 Å². The first-order valence-electron chi connectivity index (χ1n) is 8.48. The molecule has 2 amide bonds. The van der Waals surface area contributed by atoms with Crippen LogP contribution in [0.3, 0.4) is 0 Å². The molecule has 2 aromatic carbocycles. The average molecular weight is 483 g/mol. The Kier molecular flexibility index (Phi) is 7.01. The Labute approximate surface area is 181 Å². The molecule has 0 spiro atoms. The summed E-state index contributed by atoms with van der Waals surface area (Å²) < 4.78 is 6.06. The van der Waals surface area contributed by atoms with Crippen LogP contribution >= 0.6 is 39.7 Å². The number of hydrogen-bond donors (Lipinski definition) is 2. The van der Waals surface area contributed by atoms with Crippen LogP contribution in [-0.2, 0) is 4.74 Å². The molecule has 6 nitrogen and oxygen atoms in total. The molecule has 1 heterocycles. The molecule has 0 atom stereocenters. The van der Waals surface area contributed by atoms with Crippen LogP contribution in [-0.4, -0.2) is 48.1 Å². The van der Waals surface area contributed by atoms with E-state index in [1.54, 1.807) is 41.3 Å². The van der Waals surface area contributed by atoms with E-state index in [-0.39, 0.29) is 16.9 Å². The van der Waals surface area contributed by atoms with E-state index in [0.29, 0.717) is 48.1 Å². The highest BCUT2D eigenvalue weighted by molar-refractivity contribution is 9.10. The number of morpholine rings is 1. The lowest BCUT2D eigenvalue weighted by Crippen LogP contribution is -2.40. The molecule has 146 valence electrons. The maximum absolute atomic E-state index is 12.6. The Bertz CT molecular complexity index is 919. The fourth-order valence-corrected chi connectivity index (χ4v) is 3.43. The summed E-state index contributed by atoms with van der Waals surface area (Å²) in [5.41, 5.74) is 1.39. The minimum absolute atomic E-state index is 0.0860. The highest BCUT2D eigenvalue weighted by Gasteiger charge is 2.19. The fourth-order valence-electron chi connectivity index (χ4n) is 2.66. The lowest BCUT2D eigenvalue weighted by molar-refractivity contribution is 0.0303. The van der Waals surface area contributed by atoms with E-state index in [4.69, 9.17) is 28.6 Å². The fraction of sp³-hybridized carbons (Fsp3) is 0.211. The van der Waals surface area contributed by atoms with Crippen LogP contribution in [0.5, 0.6) is 0 Å². The van der Waals surface area contributed by atoms with Crippen LogP contribution < -0.4 is 10.6 Å². The van der Waals surface area contributed by atoms with Crippen molar-refractivity contribution in [3.63, 3.8) is 0 Å². The van der Waals surface area contributed by atoms with E-state index < -0.39 is 0 Å². The summed E-state index contributed by atoms with van der Waals surface area (Å²) in [5.74, 6) is -0.456. The molecule has 28 heavy (non-hydrogen) atoms. The second-order valence-corrected chi connectivity index (χ2v) is 7.75. The summed E-state index contributed by atoms with van der Waals surface area (Å²) in [5, 5.41) is 5.96. The molecule has 1 aliphatic rings. The number of nitrogens with one attached hydrogen (secondary N) is 2. The summed E-state index contributed by atoms with van der Waals surface area (Å²) in [6, 6.07) is 11.9. The van der Waals surface area contributed by atoms with Gasteiger partial charge < -0.3 is 15.0 Å². The Balaban J connectivity index is 1.68. The second-order valence-electron chi connectivity index (χ2n) is 6.02. The van der Waals surface area contributed by atoms with Crippen LogP contribution in [0.25, 0.3) is 0 Å². The molecule has 0 bridgehead atoms. The molecule has 0 saturated carbocycles. The SMILES string of the molecule is O=C(NC(=S)Nc1cc(C(=O)N2CCOCC2)ccc1Cl)c1cccc(Br)c1. The monoisotopic (exact) mass is 481 g/mol. The molecule has 9 heteroatoms. The van der Waals surface area contributed by atoms with Gasteiger partial charge in [0, 0.05) is 28.7 Å². The van der Waals surface area contributed by atoms with Crippen LogP contribution in [0.15, 0.2) is 46.9 Å². The molecule has 1 fully saturated rings. The molecule has 2 aromatic rings. The van der Waals surface area contributed by atoms with Crippen molar-refractivity contribution in [1.29, 1.82) is 0 Å². The first-order chi connectivity index (χ1) is 13.4. The zero-order valence-electron chi connectivity index (χ0n) is 14.7. The minimum atomic E-state index is -0.351. The van der Waals surface area contributed by atoms with Crippen LogP contribution in [0.2, 0.25) is 5.02 Å². The van der Waals surface area contributed by atoms with E-state index in [2.05, 4.69) is 26.6 Å². The standard InChI is InChI=1S/C19H17BrClN3O3S/c20-14-3-1-2-12(10-14)17(25)23-19(28)22-16-11-13(4-5-15(16)21)18(26)24-6-8-27-9-7-24/h1-5,10-11H,6-9H2,(H2,22,23,25,28). The second kappa shape index (κ2) is 9.47. The number of nitrogens with zero attached hydrogens (tertiary/aromatic N) is 1. The largest absolute Gasteiger partial charge is 0.378 e. The molecule has 0 unspecified atom stereocenters. The number of carbonyl (C=O) groups is 2. The van der Waals surface area contributed by atoms with E-state index >= 15 is 0 Å². The Morgan fingerprint density at radius 3 is 2.57 bits per heavy atom. The van der Waals surface area contributed by atoms with E-state index in [9.17, 15) is 9.59 Å². The van der Waals surface area contributed by atoms with Crippen LogP contribution in [0.1, 0.15) is 20.7 Å². The third kappa shape index (κ3) is 5.29. The highest BCUT2D eigenvalue weighted by atomic mass is 79.9. The normalized spacial score (nSPS) is 13.7. The summed E-state index contributed by atoms with van der Waals surface area (Å²) in [7, 11) is 0.